The monoisotopic (exact) mass is 1700 g/mol. The van der Waals surface area contributed by atoms with Crippen LogP contribution < -0.4 is 5.32 Å². The number of nitrogens with zero attached hydrogens (tertiary/aromatic N) is 5. The quantitative estimate of drug-likeness (QED) is 0.0813. The number of likely N-dealkylation sites (tertiary alicyclic amines) is 1. The summed E-state index contributed by atoms with van der Waals surface area (Å²) in [6.45, 7) is 63.2. The minimum absolute atomic E-state index is 0.00231. The summed E-state index contributed by atoms with van der Waals surface area (Å²) in [5.41, 5.74) is 0.484. The fraction of sp³-hybridized carbons (Fsp3) is 0.876. The first-order valence-electron chi connectivity index (χ1n) is 42.8. The summed E-state index contributed by atoms with van der Waals surface area (Å²) >= 11 is 0. The Morgan fingerprint density at radius 2 is 1.18 bits per heavy atom. The van der Waals surface area contributed by atoms with Crippen molar-refractivity contribution in [2.24, 2.45) is 34.0 Å². The number of aliphatic hydroxyl groups is 4. The van der Waals surface area contributed by atoms with Crippen LogP contribution in [0, 0.1) is 51.9 Å². The Hall–Kier alpha value is -5.83. The Labute approximate surface area is 715 Å². The number of likely N-dealkylation sites (N-methyl/N-ethyl adjacent to an activating group) is 2. The number of esters is 4. The molecule has 5 unspecified atom stereocenters. The van der Waals surface area contributed by atoms with Gasteiger partial charge in [-0.25, -0.2) is 11.4 Å². The number of ketones is 3. The number of morpholine rings is 1. The lowest BCUT2D eigenvalue weighted by Gasteiger charge is -2.27. The zero-order chi connectivity index (χ0) is 93.0. The third-order valence-corrected chi connectivity index (χ3v) is 18.3. The fourth-order valence-electron chi connectivity index (χ4n) is 8.82. The molecule has 10 fully saturated rings. The molecular weight excluding hydrogens is 1520 g/mol. The van der Waals surface area contributed by atoms with Gasteiger partial charge in [0.05, 0.1) is 89.4 Å². The minimum atomic E-state index is -0.531. The van der Waals surface area contributed by atoms with Gasteiger partial charge in [-0.15, -0.1) is 0 Å². The smallest absolute Gasteiger partial charge is 0.466 e. The molecule has 5 atom stereocenters. The Morgan fingerprint density at radius 1 is 0.678 bits per heavy atom. The molecule has 8 heterocycles. The van der Waals surface area contributed by atoms with Gasteiger partial charge < -0.3 is 97.5 Å². The maximum absolute atomic E-state index is 10.8. The van der Waals surface area contributed by atoms with Crippen LogP contribution in [0.25, 0.3) is 4.85 Å². The van der Waals surface area contributed by atoms with Crippen molar-refractivity contribution in [2.75, 3.05) is 154 Å². The number of aliphatic hydroxyl groups excluding tert-OH is 4. The molecule has 0 aromatic rings. The summed E-state index contributed by atoms with van der Waals surface area (Å²) in [4.78, 5) is 103. The van der Waals surface area contributed by atoms with E-state index in [1.165, 1.54) is 37.8 Å². The van der Waals surface area contributed by atoms with Crippen molar-refractivity contribution in [3.8, 4) is 6.07 Å². The molecule has 2 saturated carbocycles. The van der Waals surface area contributed by atoms with Crippen LogP contribution in [-0.2, 0) is 85.7 Å². The van der Waals surface area contributed by atoms with Gasteiger partial charge in [-0.1, -0.05) is 96.9 Å². The molecular formula is C89H174N6O23. The first-order chi connectivity index (χ1) is 54.9. The second kappa shape index (κ2) is 80.9. The number of nitriles is 1. The molecule has 29 nitrogen and oxygen atoms in total. The van der Waals surface area contributed by atoms with Crippen LogP contribution in [0.4, 0.5) is 4.79 Å². The van der Waals surface area contributed by atoms with E-state index in [9.17, 15) is 43.2 Å². The molecule has 29 heteroatoms. The molecule has 0 spiro atoms. The minimum Gasteiger partial charge on any atom is -0.466 e. The van der Waals surface area contributed by atoms with E-state index in [0.29, 0.717) is 95.2 Å². The highest BCUT2D eigenvalue weighted by Gasteiger charge is 2.40. The van der Waals surface area contributed by atoms with Crippen molar-refractivity contribution >= 4 is 53.3 Å². The van der Waals surface area contributed by atoms with Gasteiger partial charge in [-0.2, -0.15) is 5.26 Å². The Morgan fingerprint density at radius 3 is 1.33 bits per heavy atom. The molecule has 8 aliphatic heterocycles. The highest BCUT2D eigenvalue weighted by molar-refractivity contribution is 5.79. The van der Waals surface area contributed by atoms with Crippen LogP contribution in [0.1, 0.15) is 294 Å². The van der Waals surface area contributed by atoms with Gasteiger partial charge in [0.1, 0.15) is 35.7 Å². The zero-order valence-electron chi connectivity index (χ0n) is 79.6. The number of ether oxygens (including phenoxy) is 10. The van der Waals surface area contributed by atoms with Crippen LogP contribution in [0.2, 0.25) is 0 Å². The van der Waals surface area contributed by atoms with Crippen molar-refractivity contribution in [3.63, 3.8) is 0 Å². The number of nitrogens with one attached hydrogen (secondary N) is 1. The molecule has 0 aromatic carbocycles. The van der Waals surface area contributed by atoms with E-state index in [1.807, 2.05) is 117 Å². The molecule has 2 aliphatic carbocycles. The number of hydrogen-bond acceptors (Lipinski definition) is 27. The molecule has 0 bridgehead atoms. The maximum atomic E-state index is 10.8. The van der Waals surface area contributed by atoms with E-state index in [-0.39, 0.29) is 95.0 Å². The third kappa shape index (κ3) is 92.5. The number of cyclic esters (lactones) is 6. The summed E-state index contributed by atoms with van der Waals surface area (Å²) in [7, 11) is 11.2. The van der Waals surface area contributed by atoms with E-state index in [0.717, 1.165) is 135 Å². The lowest BCUT2D eigenvalue weighted by atomic mass is 9.77. The van der Waals surface area contributed by atoms with Crippen LogP contribution >= 0.6 is 0 Å². The van der Waals surface area contributed by atoms with Gasteiger partial charge >= 0.3 is 30.0 Å². The molecule has 5 N–H and O–H groups in total. The van der Waals surface area contributed by atoms with E-state index in [4.69, 9.17) is 60.7 Å². The fourth-order valence-corrected chi connectivity index (χ4v) is 8.82. The molecule has 10 rings (SSSR count). The van der Waals surface area contributed by atoms with Gasteiger partial charge in [0.15, 0.2) is 5.79 Å². The number of unbranched alkanes of at least 4 members (excludes halogenated alkanes) is 1. The van der Waals surface area contributed by atoms with Crippen LogP contribution in [0.15, 0.2) is 0 Å². The average Bonchev–Trinajstić information content (AvgIpc) is 1.73. The number of amides is 1. The number of carbonyl (C=O) groups is 9. The first-order valence-corrected chi connectivity index (χ1v) is 42.8. The normalized spacial score (nSPS) is 21.4. The van der Waals surface area contributed by atoms with Gasteiger partial charge in [0.2, 0.25) is 12.5 Å². The van der Waals surface area contributed by atoms with Crippen LogP contribution in [0.5, 0.6) is 0 Å². The summed E-state index contributed by atoms with van der Waals surface area (Å²) in [6.07, 6.45) is 18.4. The molecule has 8 saturated heterocycles. The number of hydrogen-bond donors (Lipinski definition) is 5. The zero-order valence-corrected chi connectivity index (χ0v) is 79.6. The number of carbonyl (C=O) groups excluding carboxylic acids is 9. The SMILES string of the molecule is CC(=O)N(C)C.CC1(C)CCC(=O)CC1.CC1(C)CCC(=O)O1.CC1(C)CCOC(=O)C1.CC1C(=O)OCC1(C)C.CC1CCC(=O)CC1.CC1CCOC1=O.CC1COC(C)(C)O1.CCC(C)=O.CCC(O)CO.CCC1COC(=O)O1.CCCC#N.CCCO.CCOC.CN1CCCC1.CN1CCOCC1.CNCCO.[C-]#[N+]CC. The molecule has 698 valence electrons. The van der Waals surface area contributed by atoms with Crippen molar-refractivity contribution in [2.45, 2.75) is 324 Å². The maximum Gasteiger partial charge on any atom is 0.508 e. The van der Waals surface area contributed by atoms with Crippen molar-refractivity contribution in [1.82, 2.24) is 20.0 Å². The van der Waals surface area contributed by atoms with Crippen LogP contribution in [-0.4, -0.2) is 272 Å². The van der Waals surface area contributed by atoms with Crippen molar-refractivity contribution in [1.29, 1.82) is 5.26 Å². The third-order valence-electron chi connectivity index (χ3n) is 18.3. The number of Topliss-reactive ketones (excluding diaryl/α,β-unsaturated/α-hetero) is 3. The van der Waals surface area contributed by atoms with E-state index < -0.39 is 12.3 Å². The topological polar surface area (TPSA) is 377 Å². The van der Waals surface area contributed by atoms with Gasteiger partial charge in [-0.3, -0.25) is 33.6 Å². The summed E-state index contributed by atoms with van der Waals surface area (Å²) in [5, 5.41) is 43.0. The van der Waals surface area contributed by atoms with E-state index in [2.05, 4.69) is 87.6 Å². The average molecular weight is 1700 g/mol. The van der Waals surface area contributed by atoms with Crippen LogP contribution in [0.3, 0.4) is 0 Å². The van der Waals surface area contributed by atoms with Gasteiger partial charge in [0.25, 0.3) is 0 Å². The summed E-state index contributed by atoms with van der Waals surface area (Å²) < 4.78 is 48.5. The van der Waals surface area contributed by atoms with E-state index >= 15 is 0 Å². The standard InChI is InChI=1S/C8H14O.2C7H12O2.C7H12O.C6H12O2.C6H10O2.C5H11NO.C5H11N.C5H8O3.C5H8O2.C4H9NO.C4H7N.C4H10O2.C4H8O.C3H9NO.C3H5N.2C3H8O/c1-8(2)5-3-7(9)4-6-8;1-5-6(8)9-4-7(5,2)3;1-7(2)3-4-9-6(8)5-7;1-6-2-4-7(8)5-3-6;1-5-4-7-6(2,3)8-5;1-6(2)4-3-5(7)8-6;1-6-2-4-7-5-3-6;1-6-4-2-3-5-6;1-2-4-3-7-5(6)8-4;1-4-2-3-7-5(4)6;1-4(6)5(2)3;1-2-3-4-5;1-2-4(6)3-5;1-3-4(2)5;1-4-2-3-5;2*1-3-4-2;1-2-3-4/h3-6H2,1-2H3;5H,4H2,1-3H3;3-5H2,1-2H3;6H,2-5H2,1H3;5H,4H2,1-3H3;3-4H2,1-2H3;2-5H2,1H3;2-5H2,1H3;4H,2-3H2,1H3;4H,2-3H2,1H3;1-3H3;2-3H2,1H3;4-6H,2-3H2,1H3;3H2,1-2H3;4-5H,2-3H2,1H3;3H2,1H3;3H2,1-2H3;4H,2-3H2,1H3. The first kappa shape index (κ1) is 128. The highest BCUT2D eigenvalue weighted by atomic mass is 16.8. The lowest BCUT2D eigenvalue weighted by molar-refractivity contribution is -0.152. The van der Waals surface area contributed by atoms with Gasteiger partial charge in [-0.05, 0) is 183 Å². The highest BCUT2D eigenvalue weighted by Crippen LogP contribution is 2.34. The Balaban J connectivity index is -0.000000182. The number of methoxy groups -OCH3 is 1. The molecule has 118 heavy (non-hydrogen) atoms. The number of rotatable bonds is 9. The lowest BCUT2D eigenvalue weighted by Crippen LogP contribution is -2.32. The second-order valence-electron chi connectivity index (χ2n) is 33.1. The second-order valence-corrected chi connectivity index (χ2v) is 33.1. The molecule has 10 aliphatic rings. The predicted molar refractivity (Wildman–Crippen MR) is 466 cm³/mol. The summed E-state index contributed by atoms with van der Waals surface area (Å²) in [6, 6.07) is 2.02. The Bertz CT molecular complexity index is 2540. The van der Waals surface area contributed by atoms with Gasteiger partial charge in [0, 0.05) is 118 Å². The van der Waals surface area contributed by atoms with E-state index in [1.54, 1.807) is 35.2 Å². The Kier molecular flexibility index (Phi) is 87.6. The van der Waals surface area contributed by atoms with Crippen molar-refractivity contribution < 1.29 is 111 Å². The predicted octanol–water partition coefficient (Wildman–Crippen LogP) is 14.2. The molecule has 1 amide bonds. The molecule has 0 radical (unpaired) electrons. The largest absolute Gasteiger partial charge is 0.508 e. The molecule has 0 aromatic heterocycles. The van der Waals surface area contributed by atoms with Crippen molar-refractivity contribution in [3.05, 3.63) is 11.4 Å². The summed E-state index contributed by atoms with van der Waals surface area (Å²) in [5.74, 6) is 1.74.